The summed E-state index contributed by atoms with van der Waals surface area (Å²) in [6.07, 6.45) is 0. The summed E-state index contributed by atoms with van der Waals surface area (Å²) < 4.78 is 0. The molecule has 8 nitrogen and oxygen atoms in total. The van der Waals surface area contributed by atoms with Crippen LogP contribution in [-0.4, -0.2) is 31.0 Å². The van der Waals surface area contributed by atoms with Gasteiger partial charge in [0.2, 0.25) is 0 Å². The number of hydrogen-bond acceptors (Lipinski definition) is 8. The molecule has 98 valence electrons. The van der Waals surface area contributed by atoms with Crippen molar-refractivity contribution < 1.29 is 118 Å². The van der Waals surface area contributed by atoms with Crippen molar-refractivity contribution >= 4 is 17.9 Å². The molecule has 0 aliphatic rings. The van der Waals surface area contributed by atoms with Crippen LogP contribution in [0.5, 0.6) is 0 Å². The Labute approximate surface area is 179 Å². The minimum Gasteiger partial charge on any atom is -0.550 e. The van der Waals surface area contributed by atoms with Crippen LogP contribution >= 0.6 is 0 Å². The van der Waals surface area contributed by atoms with E-state index in [1.54, 1.807) is 0 Å². The van der Waals surface area contributed by atoms with Gasteiger partial charge in [-0.05, 0) is 20.8 Å². The van der Waals surface area contributed by atoms with E-state index in [0.717, 1.165) is 20.8 Å². The fourth-order valence-electron chi connectivity index (χ4n) is 0. The number of carbonyl (C=O) groups is 3. The van der Waals surface area contributed by atoms with Crippen molar-refractivity contribution in [3.8, 4) is 0 Å². The van der Waals surface area contributed by atoms with E-state index in [1.165, 1.54) is 0 Å². The number of carboxylic acid groups (broad SMARTS) is 3. The molecule has 0 amide bonds. The maximum atomic E-state index is 8.89. The van der Waals surface area contributed by atoms with Gasteiger partial charge in [0, 0.05) is 31.0 Å². The summed E-state index contributed by atoms with van der Waals surface area (Å²) in [5.74, 6) is -3.25. The fraction of sp³-hybridized carbons (Fsp3) is 0.625. The van der Waals surface area contributed by atoms with Gasteiger partial charge in [0.05, 0.1) is 0 Å². The Hall–Kier alpha value is 1.33. The predicted molar refractivity (Wildman–Crippen MR) is 50.2 cm³/mol. The molecular formula is C8H17N2Na3O6. The average molecular weight is 306 g/mol. The molecule has 0 aromatic rings. The molecule has 0 aliphatic heterocycles. The molecule has 0 fully saturated rings. The van der Waals surface area contributed by atoms with Gasteiger partial charge in [-0.2, -0.15) is 0 Å². The number of carbonyl (C=O) groups excluding carboxylic acids is 3. The van der Waals surface area contributed by atoms with Gasteiger partial charge < -0.3 is 41.2 Å². The number of nitrogens with two attached hydrogens (primary N) is 2. The third-order valence-corrected chi connectivity index (χ3v) is 0.167. The molecule has 19 heavy (non-hydrogen) atoms. The largest absolute Gasteiger partial charge is 1.00 e. The van der Waals surface area contributed by atoms with Gasteiger partial charge in [-0.15, -0.1) is 0 Å². The van der Waals surface area contributed by atoms with Crippen molar-refractivity contribution in [3.05, 3.63) is 0 Å². The zero-order valence-electron chi connectivity index (χ0n) is 12.5. The molecule has 0 heterocycles. The molecule has 0 bridgehead atoms. The molecule has 0 saturated carbocycles. The van der Waals surface area contributed by atoms with E-state index in [0.29, 0.717) is 13.1 Å². The van der Waals surface area contributed by atoms with Crippen LogP contribution in [0.4, 0.5) is 0 Å². The van der Waals surface area contributed by atoms with Crippen LogP contribution in [0.15, 0.2) is 0 Å². The summed E-state index contributed by atoms with van der Waals surface area (Å²) in [6, 6.07) is 0. The zero-order valence-corrected chi connectivity index (χ0v) is 18.5. The van der Waals surface area contributed by atoms with Gasteiger partial charge in [-0.25, -0.2) is 0 Å². The first kappa shape index (κ1) is 42.8. The molecule has 0 aromatic carbocycles. The predicted octanol–water partition coefficient (Wildman–Crippen LogP) is -13.8. The minimum atomic E-state index is -1.08. The SMILES string of the molecule is CC(=O)[O-].CC(=O)[O-].CC(=O)[O-].NCCN.[Na+].[Na+].[Na+]. The topological polar surface area (TPSA) is 172 Å². The van der Waals surface area contributed by atoms with Crippen molar-refractivity contribution in [1.82, 2.24) is 0 Å². The monoisotopic (exact) mass is 306 g/mol. The fourth-order valence-corrected chi connectivity index (χ4v) is 0. The molecule has 4 N–H and O–H groups in total. The molecular weight excluding hydrogens is 289 g/mol. The smallest absolute Gasteiger partial charge is 0.550 e. The van der Waals surface area contributed by atoms with Crippen molar-refractivity contribution in [3.63, 3.8) is 0 Å². The van der Waals surface area contributed by atoms with E-state index >= 15 is 0 Å². The summed E-state index contributed by atoms with van der Waals surface area (Å²) in [7, 11) is 0. The van der Waals surface area contributed by atoms with Crippen LogP contribution in [0.25, 0.3) is 0 Å². The van der Waals surface area contributed by atoms with Crippen LogP contribution in [0.2, 0.25) is 0 Å². The van der Waals surface area contributed by atoms with Gasteiger partial charge in [-0.3, -0.25) is 0 Å². The first-order chi connectivity index (χ1) is 7.11. The van der Waals surface area contributed by atoms with Gasteiger partial charge in [0.15, 0.2) is 0 Å². The molecule has 0 spiro atoms. The molecule has 0 rings (SSSR count). The minimum absolute atomic E-state index is 0. The summed E-state index contributed by atoms with van der Waals surface area (Å²) in [6.45, 7) is 4.11. The first-order valence-corrected chi connectivity index (χ1v) is 4.04. The second-order valence-corrected chi connectivity index (χ2v) is 2.05. The third kappa shape index (κ3) is 1070. The van der Waals surface area contributed by atoms with Crippen molar-refractivity contribution in [1.29, 1.82) is 0 Å². The van der Waals surface area contributed by atoms with E-state index in [9.17, 15) is 0 Å². The maximum absolute atomic E-state index is 8.89. The molecule has 0 aromatic heterocycles. The summed E-state index contributed by atoms with van der Waals surface area (Å²) in [5.41, 5.74) is 9.81. The molecule has 0 unspecified atom stereocenters. The van der Waals surface area contributed by atoms with Gasteiger partial charge in [-0.1, -0.05) is 0 Å². The van der Waals surface area contributed by atoms with E-state index in [4.69, 9.17) is 41.2 Å². The molecule has 0 saturated heterocycles. The summed E-state index contributed by atoms with van der Waals surface area (Å²) in [4.78, 5) is 26.7. The van der Waals surface area contributed by atoms with E-state index < -0.39 is 17.9 Å². The number of aliphatic carboxylic acids is 3. The van der Waals surface area contributed by atoms with Crippen molar-refractivity contribution in [2.24, 2.45) is 11.5 Å². The second kappa shape index (κ2) is 42.7. The van der Waals surface area contributed by atoms with Gasteiger partial charge >= 0.3 is 88.7 Å². The van der Waals surface area contributed by atoms with Crippen LogP contribution < -0.4 is 115 Å². The van der Waals surface area contributed by atoms with E-state index in [1.807, 2.05) is 0 Å². The van der Waals surface area contributed by atoms with Crippen LogP contribution in [0, 0.1) is 0 Å². The molecule has 0 aliphatic carbocycles. The van der Waals surface area contributed by atoms with Crippen LogP contribution in [0.3, 0.4) is 0 Å². The Morgan fingerprint density at radius 2 is 0.737 bits per heavy atom. The standard InChI is InChI=1S/C2H8N2.3C2H4O2.3Na/c3-1-2-4;3*1-2(3)4;;;/h1-4H2;3*1H3,(H,3,4);;;/q;;;;3*+1/p-3. The summed E-state index contributed by atoms with van der Waals surface area (Å²) in [5, 5.41) is 26.7. The Morgan fingerprint density at radius 3 is 0.737 bits per heavy atom. The van der Waals surface area contributed by atoms with Crippen LogP contribution in [-0.2, 0) is 14.4 Å². The van der Waals surface area contributed by atoms with Crippen LogP contribution in [0.1, 0.15) is 20.8 Å². The zero-order chi connectivity index (χ0) is 14.1. The van der Waals surface area contributed by atoms with E-state index in [2.05, 4.69) is 0 Å². The number of rotatable bonds is 1. The summed E-state index contributed by atoms with van der Waals surface area (Å²) >= 11 is 0. The van der Waals surface area contributed by atoms with Crippen molar-refractivity contribution in [2.45, 2.75) is 20.8 Å². The molecule has 0 radical (unpaired) electrons. The second-order valence-electron chi connectivity index (χ2n) is 2.05. The first-order valence-electron chi connectivity index (χ1n) is 4.04. The normalized spacial score (nSPS) is 5.53. The van der Waals surface area contributed by atoms with Crippen molar-refractivity contribution in [2.75, 3.05) is 13.1 Å². The number of hydrogen-bond donors (Lipinski definition) is 2. The third-order valence-electron chi connectivity index (χ3n) is 0.167. The molecule has 11 heteroatoms. The van der Waals surface area contributed by atoms with E-state index in [-0.39, 0.29) is 88.7 Å². The number of carboxylic acids is 3. The molecule has 0 atom stereocenters. The van der Waals surface area contributed by atoms with Gasteiger partial charge in [0.25, 0.3) is 0 Å². The average Bonchev–Trinajstić information content (AvgIpc) is 2.00. The Morgan fingerprint density at radius 1 is 0.684 bits per heavy atom. The Balaban J connectivity index is -0.0000000192. The van der Waals surface area contributed by atoms with Gasteiger partial charge in [0.1, 0.15) is 0 Å². The quantitative estimate of drug-likeness (QED) is 0.449. The Kier molecular flexibility index (Phi) is 96.1. The Bertz CT molecular complexity index is 153. The maximum Gasteiger partial charge on any atom is 1.00 e.